The van der Waals surface area contributed by atoms with E-state index in [0.29, 0.717) is 0 Å². The van der Waals surface area contributed by atoms with Gasteiger partial charge in [-0.05, 0) is 52.3 Å². The normalized spacial score (nSPS) is 12.8. The second-order valence-electron chi connectivity index (χ2n) is 9.43. The molecule has 0 N–H and O–H groups in total. The Morgan fingerprint density at radius 1 is 0.741 bits per heavy atom. The van der Waals surface area contributed by atoms with Crippen molar-refractivity contribution in [3.8, 4) is 11.3 Å². The van der Waals surface area contributed by atoms with Crippen molar-refractivity contribution < 1.29 is 4.42 Å². The van der Waals surface area contributed by atoms with Crippen molar-refractivity contribution in [2.75, 3.05) is 0 Å². The Morgan fingerprint density at radius 2 is 1.44 bits per heavy atom. The Labute approximate surface area is 161 Å². The summed E-state index contributed by atoms with van der Waals surface area (Å²) in [6, 6.07) is 17.2. The summed E-state index contributed by atoms with van der Waals surface area (Å²) in [5.74, 6) is 0. The van der Waals surface area contributed by atoms with E-state index in [1.165, 1.54) is 16.5 Å². The molecule has 0 aliphatic heterocycles. The largest absolute Gasteiger partial charge is 0.455 e. The molecule has 0 saturated carbocycles. The third-order valence-electron chi connectivity index (χ3n) is 5.26. The Morgan fingerprint density at radius 3 is 2.15 bits per heavy atom. The van der Waals surface area contributed by atoms with Gasteiger partial charge in [0.05, 0.1) is 5.69 Å². The molecule has 27 heavy (non-hydrogen) atoms. The molecule has 0 saturated heterocycles. The van der Waals surface area contributed by atoms with Crippen molar-refractivity contribution in [2.45, 2.75) is 52.4 Å². The molecule has 2 heterocycles. The summed E-state index contributed by atoms with van der Waals surface area (Å²) >= 11 is 0. The molecule has 2 heteroatoms. The van der Waals surface area contributed by atoms with E-state index in [4.69, 9.17) is 4.42 Å². The smallest absolute Gasteiger partial charge is 0.144 e. The molecule has 2 aromatic carbocycles. The van der Waals surface area contributed by atoms with Gasteiger partial charge in [0.15, 0.2) is 0 Å². The summed E-state index contributed by atoms with van der Waals surface area (Å²) in [7, 11) is 0. The molecule has 2 nitrogen and oxygen atoms in total. The number of fused-ring (bicyclic) bond motifs is 3. The molecule has 0 atom stereocenters. The molecule has 0 aliphatic carbocycles. The van der Waals surface area contributed by atoms with Crippen LogP contribution < -0.4 is 0 Å². The fourth-order valence-electron chi connectivity index (χ4n) is 3.51. The first-order chi connectivity index (χ1) is 12.6. The molecule has 0 unspecified atom stereocenters. The lowest BCUT2D eigenvalue weighted by Crippen LogP contribution is -2.11. The molecular weight excluding hydrogens is 330 g/mol. The van der Waals surface area contributed by atoms with Crippen LogP contribution >= 0.6 is 0 Å². The van der Waals surface area contributed by atoms with Crippen LogP contribution in [-0.2, 0) is 10.8 Å². The molecule has 0 bridgehead atoms. The highest BCUT2D eigenvalue weighted by Crippen LogP contribution is 2.37. The number of rotatable bonds is 1. The van der Waals surface area contributed by atoms with Crippen molar-refractivity contribution in [3.63, 3.8) is 0 Å². The summed E-state index contributed by atoms with van der Waals surface area (Å²) in [5.41, 5.74) is 6.63. The average molecular weight is 357 g/mol. The minimum atomic E-state index is 0.0844. The molecule has 138 valence electrons. The first kappa shape index (κ1) is 17.8. The molecule has 4 rings (SSSR count). The van der Waals surface area contributed by atoms with E-state index in [-0.39, 0.29) is 10.8 Å². The van der Waals surface area contributed by atoms with Crippen LogP contribution in [0.5, 0.6) is 0 Å². The standard InChI is InChI=1S/C25H27NO/c1-24(2,3)16-10-11-22-20(14-16)18-8-7-9-19(23(18)27-22)21-15-17(12-13-26-21)25(4,5)6/h7-15H,1-6H3. The van der Waals surface area contributed by atoms with Crippen LogP contribution in [-0.4, -0.2) is 4.98 Å². The predicted molar refractivity (Wildman–Crippen MR) is 114 cm³/mol. The average Bonchev–Trinajstić information content (AvgIpc) is 2.98. The number of para-hydroxylation sites is 1. The lowest BCUT2D eigenvalue weighted by atomic mass is 9.86. The maximum atomic E-state index is 6.29. The zero-order valence-corrected chi connectivity index (χ0v) is 17.1. The number of benzene rings is 2. The maximum Gasteiger partial charge on any atom is 0.144 e. The lowest BCUT2D eigenvalue weighted by molar-refractivity contribution is 0.589. The van der Waals surface area contributed by atoms with Gasteiger partial charge >= 0.3 is 0 Å². The van der Waals surface area contributed by atoms with Crippen LogP contribution in [0.1, 0.15) is 52.7 Å². The minimum Gasteiger partial charge on any atom is -0.455 e. The summed E-state index contributed by atoms with van der Waals surface area (Å²) < 4.78 is 6.29. The molecule has 0 spiro atoms. The second-order valence-corrected chi connectivity index (χ2v) is 9.43. The van der Waals surface area contributed by atoms with E-state index < -0.39 is 0 Å². The number of hydrogen-bond acceptors (Lipinski definition) is 2. The Hall–Kier alpha value is -2.61. The van der Waals surface area contributed by atoms with Crippen LogP contribution in [0, 0.1) is 0 Å². The summed E-state index contributed by atoms with van der Waals surface area (Å²) in [6.07, 6.45) is 1.90. The van der Waals surface area contributed by atoms with Crippen molar-refractivity contribution in [1.29, 1.82) is 0 Å². The van der Waals surface area contributed by atoms with Gasteiger partial charge in [-0.15, -0.1) is 0 Å². The Balaban J connectivity index is 1.96. The van der Waals surface area contributed by atoms with Crippen LogP contribution in [0.15, 0.2) is 59.1 Å². The van der Waals surface area contributed by atoms with Gasteiger partial charge in [0.2, 0.25) is 0 Å². The quantitative estimate of drug-likeness (QED) is 0.359. The molecule has 0 fully saturated rings. The van der Waals surface area contributed by atoms with E-state index in [2.05, 4.69) is 95.1 Å². The first-order valence-electron chi connectivity index (χ1n) is 9.57. The highest BCUT2D eigenvalue weighted by Gasteiger charge is 2.19. The number of pyridine rings is 1. The fourth-order valence-corrected chi connectivity index (χ4v) is 3.51. The van der Waals surface area contributed by atoms with E-state index >= 15 is 0 Å². The number of furan rings is 1. The van der Waals surface area contributed by atoms with Crippen LogP contribution in [0.3, 0.4) is 0 Å². The van der Waals surface area contributed by atoms with Gasteiger partial charge in [0.1, 0.15) is 11.2 Å². The van der Waals surface area contributed by atoms with Crippen LogP contribution in [0.25, 0.3) is 33.2 Å². The Kier molecular flexibility index (Phi) is 3.92. The van der Waals surface area contributed by atoms with Crippen molar-refractivity contribution in [3.05, 3.63) is 65.9 Å². The molecule has 4 aromatic rings. The zero-order valence-electron chi connectivity index (χ0n) is 17.1. The van der Waals surface area contributed by atoms with E-state index in [0.717, 1.165) is 27.8 Å². The summed E-state index contributed by atoms with van der Waals surface area (Å²) in [6.45, 7) is 13.4. The highest BCUT2D eigenvalue weighted by atomic mass is 16.3. The van der Waals surface area contributed by atoms with Crippen molar-refractivity contribution in [1.82, 2.24) is 4.98 Å². The van der Waals surface area contributed by atoms with E-state index in [1.54, 1.807) is 0 Å². The number of hydrogen-bond donors (Lipinski definition) is 0. The third kappa shape index (κ3) is 3.14. The molecule has 2 aromatic heterocycles. The fraction of sp³-hybridized carbons (Fsp3) is 0.320. The van der Waals surface area contributed by atoms with Gasteiger partial charge in [0.25, 0.3) is 0 Å². The van der Waals surface area contributed by atoms with E-state index in [9.17, 15) is 0 Å². The first-order valence-corrected chi connectivity index (χ1v) is 9.57. The second kappa shape index (κ2) is 5.95. The van der Waals surface area contributed by atoms with Crippen LogP contribution in [0.2, 0.25) is 0 Å². The Bertz CT molecular complexity index is 1140. The van der Waals surface area contributed by atoms with Gasteiger partial charge in [-0.2, -0.15) is 0 Å². The predicted octanol–water partition coefficient (Wildman–Crippen LogP) is 7.24. The minimum absolute atomic E-state index is 0.0844. The molecule has 0 aliphatic rings. The van der Waals surface area contributed by atoms with Gasteiger partial charge in [-0.1, -0.05) is 59.7 Å². The highest BCUT2D eigenvalue weighted by molar-refractivity contribution is 6.09. The van der Waals surface area contributed by atoms with Crippen molar-refractivity contribution >= 4 is 21.9 Å². The summed E-state index contributed by atoms with van der Waals surface area (Å²) in [4.78, 5) is 4.64. The van der Waals surface area contributed by atoms with Crippen molar-refractivity contribution in [2.24, 2.45) is 0 Å². The van der Waals surface area contributed by atoms with Gasteiger partial charge in [-0.25, -0.2) is 0 Å². The maximum absolute atomic E-state index is 6.29. The van der Waals surface area contributed by atoms with Gasteiger partial charge in [0, 0.05) is 22.5 Å². The molecule has 0 amide bonds. The van der Waals surface area contributed by atoms with E-state index in [1.807, 2.05) is 6.20 Å². The summed E-state index contributed by atoms with van der Waals surface area (Å²) in [5, 5.41) is 2.32. The van der Waals surface area contributed by atoms with Crippen LogP contribution in [0.4, 0.5) is 0 Å². The number of aromatic nitrogens is 1. The van der Waals surface area contributed by atoms with Gasteiger partial charge < -0.3 is 4.42 Å². The SMILES string of the molecule is CC(C)(C)c1ccnc(-c2cccc3c2oc2ccc(C(C)(C)C)cc23)c1. The number of nitrogens with zero attached hydrogens (tertiary/aromatic N) is 1. The molecular formula is C25H27NO. The molecule has 0 radical (unpaired) electrons. The monoisotopic (exact) mass is 357 g/mol. The lowest BCUT2D eigenvalue weighted by Gasteiger charge is -2.19. The third-order valence-corrected chi connectivity index (χ3v) is 5.26. The zero-order chi connectivity index (χ0) is 19.4. The van der Waals surface area contributed by atoms with Gasteiger partial charge in [-0.3, -0.25) is 4.98 Å². The topological polar surface area (TPSA) is 26.0 Å².